The first-order valence-electron chi connectivity index (χ1n) is 5.13. The summed E-state index contributed by atoms with van der Waals surface area (Å²) in [6.45, 7) is 0. The Hall–Kier alpha value is -0.640. The van der Waals surface area contributed by atoms with Crippen molar-refractivity contribution in [1.82, 2.24) is 5.43 Å². The molecule has 0 bridgehead atoms. The van der Waals surface area contributed by atoms with E-state index in [1.807, 2.05) is 0 Å². The van der Waals surface area contributed by atoms with Crippen molar-refractivity contribution in [3.63, 3.8) is 0 Å². The molecule has 0 radical (unpaired) electrons. The smallest absolute Gasteiger partial charge is 0.124 e. The third-order valence-corrected chi connectivity index (χ3v) is 3.43. The van der Waals surface area contributed by atoms with Gasteiger partial charge < -0.3 is 0 Å². The zero-order valence-corrected chi connectivity index (χ0v) is 9.10. The van der Waals surface area contributed by atoms with E-state index in [9.17, 15) is 4.39 Å². The Morgan fingerprint density at radius 1 is 1.47 bits per heavy atom. The van der Waals surface area contributed by atoms with Crippen LogP contribution in [0.15, 0.2) is 18.2 Å². The van der Waals surface area contributed by atoms with Gasteiger partial charge in [-0.05, 0) is 36.5 Å². The molecule has 1 unspecified atom stereocenters. The van der Waals surface area contributed by atoms with Crippen molar-refractivity contribution in [2.45, 2.75) is 25.3 Å². The fourth-order valence-corrected chi connectivity index (χ4v) is 2.29. The molecule has 0 spiro atoms. The number of hydrogen-bond acceptors (Lipinski definition) is 2. The first kappa shape index (κ1) is 10.9. The fraction of sp³-hybridized carbons (Fsp3) is 0.455. The molecular formula is C11H14ClFN2. The van der Waals surface area contributed by atoms with Crippen LogP contribution in [0, 0.1) is 11.7 Å². The van der Waals surface area contributed by atoms with Gasteiger partial charge in [-0.2, -0.15) is 0 Å². The molecule has 0 amide bonds. The SMILES string of the molecule is NNC(c1ccc(F)cc1Cl)C1CCC1. The van der Waals surface area contributed by atoms with Crippen molar-refractivity contribution < 1.29 is 4.39 Å². The molecule has 1 aromatic rings. The second-order valence-electron chi connectivity index (χ2n) is 4.00. The highest BCUT2D eigenvalue weighted by Gasteiger charge is 2.28. The van der Waals surface area contributed by atoms with E-state index in [4.69, 9.17) is 17.4 Å². The summed E-state index contributed by atoms with van der Waals surface area (Å²) in [5, 5.41) is 0.449. The Morgan fingerprint density at radius 2 is 2.20 bits per heavy atom. The maximum absolute atomic E-state index is 12.9. The number of hydrazine groups is 1. The van der Waals surface area contributed by atoms with Crippen LogP contribution in [0.2, 0.25) is 5.02 Å². The second-order valence-corrected chi connectivity index (χ2v) is 4.41. The van der Waals surface area contributed by atoms with Crippen LogP contribution in [0.25, 0.3) is 0 Å². The van der Waals surface area contributed by atoms with E-state index in [-0.39, 0.29) is 11.9 Å². The van der Waals surface area contributed by atoms with Gasteiger partial charge in [-0.15, -0.1) is 0 Å². The van der Waals surface area contributed by atoms with Crippen LogP contribution >= 0.6 is 11.6 Å². The molecule has 1 atom stereocenters. The predicted molar refractivity (Wildman–Crippen MR) is 58.8 cm³/mol. The van der Waals surface area contributed by atoms with Gasteiger partial charge in [0.05, 0.1) is 6.04 Å². The van der Waals surface area contributed by atoms with Gasteiger partial charge in [0, 0.05) is 5.02 Å². The zero-order chi connectivity index (χ0) is 10.8. The third-order valence-electron chi connectivity index (χ3n) is 3.10. The Labute approximate surface area is 93.6 Å². The molecular weight excluding hydrogens is 215 g/mol. The molecule has 3 N–H and O–H groups in total. The minimum absolute atomic E-state index is 0.0480. The average molecular weight is 229 g/mol. The Kier molecular flexibility index (Phi) is 3.24. The Bertz CT molecular complexity index is 352. The molecule has 2 nitrogen and oxygen atoms in total. The Balaban J connectivity index is 2.25. The van der Waals surface area contributed by atoms with Gasteiger partial charge in [0.25, 0.3) is 0 Å². The highest BCUT2D eigenvalue weighted by Crippen LogP contribution is 2.39. The van der Waals surface area contributed by atoms with Crippen LogP contribution in [0.4, 0.5) is 4.39 Å². The van der Waals surface area contributed by atoms with Crippen molar-refractivity contribution in [3.05, 3.63) is 34.6 Å². The molecule has 1 aliphatic rings. The molecule has 1 saturated carbocycles. The largest absolute Gasteiger partial charge is 0.271 e. The first-order chi connectivity index (χ1) is 7.22. The van der Waals surface area contributed by atoms with E-state index in [1.54, 1.807) is 6.07 Å². The lowest BCUT2D eigenvalue weighted by Crippen LogP contribution is -2.36. The monoisotopic (exact) mass is 228 g/mol. The molecule has 82 valence electrons. The minimum atomic E-state index is -0.312. The van der Waals surface area contributed by atoms with E-state index in [1.165, 1.54) is 18.6 Å². The standard InChI is InChI=1S/C11H14ClFN2/c12-10-6-8(13)4-5-9(10)11(15-14)7-2-1-3-7/h4-7,11,15H,1-3,14H2. The number of hydrogen-bond donors (Lipinski definition) is 2. The van der Waals surface area contributed by atoms with E-state index in [0.717, 1.165) is 18.4 Å². The Morgan fingerprint density at radius 3 is 2.67 bits per heavy atom. The third kappa shape index (κ3) is 2.14. The van der Waals surface area contributed by atoms with Crippen LogP contribution < -0.4 is 11.3 Å². The number of nitrogens with one attached hydrogen (secondary N) is 1. The van der Waals surface area contributed by atoms with Gasteiger partial charge in [0.15, 0.2) is 0 Å². The van der Waals surface area contributed by atoms with Gasteiger partial charge >= 0.3 is 0 Å². The van der Waals surface area contributed by atoms with Gasteiger partial charge in [0.1, 0.15) is 5.82 Å². The maximum atomic E-state index is 12.9. The van der Waals surface area contributed by atoms with E-state index < -0.39 is 0 Å². The van der Waals surface area contributed by atoms with Crippen LogP contribution in [-0.4, -0.2) is 0 Å². The first-order valence-corrected chi connectivity index (χ1v) is 5.51. The van der Waals surface area contributed by atoms with Gasteiger partial charge in [0.2, 0.25) is 0 Å². The fourth-order valence-electron chi connectivity index (χ4n) is 2.01. The summed E-state index contributed by atoms with van der Waals surface area (Å²) in [6, 6.07) is 4.51. The molecule has 0 aromatic heterocycles. The van der Waals surface area contributed by atoms with Crippen LogP contribution in [0.1, 0.15) is 30.9 Å². The van der Waals surface area contributed by atoms with Crippen LogP contribution in [0.3, 0.4) is 0 Å². The quantitative estimate of drug-likeness (QED) is 0.617. The average Bonchev–Trinajstić information content (AvgIpc) is 2.12. The number of nitrogens with two attached hydrogens (primary N) is 1. The summed E-state index contributed by atoms with van der Waals surface area (Å²) < 4.78 is 12.9. The van der Waals surface area contributed by atoms with Gasteiger partial charge in [-0.3, -0.25) is 11.3 Å². The number of benzene rings is 1. The molecule has 15 heavy (non-hydrogen) atoms. The second kappa shape index (κ2) is 4.47. The van der Waals surface area contributed by atoms with Crippen molar-refractivity contribution in [2.24, 2.45) is 11.8 Å². The number of rotatable bonds is 3. The van der Waals surface area contributed by atoms with E-state index in [0.29, 0.717) is 10.9 Å². The van der Waals surface area contributed by atoms with Gasteiger partial charge in [-0.1, -0.05) is 24.1 Å². The molecule has 4 heteroatoms. The van der Waals surface area contributed by atoms with Crippen molar-refractivity contribution in [3.8, 4) is 0 Å². The summed E-state index contributed by atoms with van der Waals surface area (Å²) in [4.78, 5) is 0. The summed E-state index contributed by atoms with van der Waals surface area (Å²) in [5.41, 5.74) is 3.67. The molecule has 2 rings (SSSR count). The lowest BCUT2D eigenvalue weighted by Gasteiger charge is -2.34. The topological polar surface area (TPSA) is 38.0 Å². The summed E-state index contributed by atoms with van der Waals surface area (Å²) >= 11 is 5.99. The summed E-state index contributed by atoms with van der Waals surface area (Å²) in [6.07, 6.45) is 3.55. The lowest BCUT2D eigenvalue weighted by molar-refractivity contribution is 0.232. The normalized spacial score (nSPS) is 18.6. The minimum Gasteiger partial charge on any atom is -0.271 e. The lowest BCUT2D eigenvalue weighted by atomic mass is 9.77. The molecule has 1 fully saturated rings. The summed E-state index contributed by atoms with van der Waals surface area (Å²) in [5.74, 6) is 5.73. The molecule has 0 heterocycles. The molecule has 0 saturated heterocycles. The molecule has 1 aliphatic carbocycles. The highest BCUT2D eigenvalue weighted by atomic mass is 35.5. The molecule has 0 aliphatic heterocycles. The summed E-state index contributed by atoms with van der Waals surface area (Å²) in [7, 11) is 0. The van der Waals surface area contributed by atoms with Crippen LogP contribution in [0.5, 0.6) is 0 Å². The predicted octanol–water partition coefficient (Wildman–Crippen LogP) is 2.78. The van der Waals surface area contributed by atoms with Crippen molar-refractivity contribution in [2.75, 3.05) is 0 Å². The van der Waals surface area contributed by atoms with E-state index in [2.05, 4.69) is 5.43 Å². The van der Waals surface area contributed by atoms with Crippen molar-refractivity contribution >= 4 is 11.6 Å². The van der Waals surface area contributed by atoms with E-state index >= 15 is 0 Å². The highest BCUT2D eigenvalue weighted by molar-refractivity contribution is 6.31. The number of halogens is 2. The maximum Gasteiger partial charge on any atom is 0.124 e. The van der Waals surface area contributed by atoms with Crippen molar-refractivity contribution in [1.29, 1.82) is 0 Å². The van der Waals surface area contributed by atoms with Crippen LogP contribution in [-0.2, 0) is 0 Å². The molecule has 1 aromatic carbocycles. The zero-order valence-electron chi connectivity index (χ0n) is 8.34. The van der Waals surface area contributed by atoms with Gasteiger partial charge in [-0.25, -0.2) is 4.39 Å².